The van der Waals surface area contributed by atoms with Crippen molar-refractivity contribution >= 4 is 27.3 Å². The highest BCUT2D eigenvalue weighted by Crippen LogP contribution is 2.16. The van der Waals surface area contributed by atoms with E-state index in [4.69, 9.17) is 5.14 Å². The molecule has 0 aliphatic rings. The molecule has 0 aliphatic heterocycles. The highest BCUT2D eigenvalue weighted by Gasteiger charge is 2.08. The lowest BCUT2D eigenvalue weighted by molar-refractivity contribution is 0.0957. The number of amides is 1. The topological polar surface area (TPSA) is 89.3 Å². The third kappa shape index (κ3) is 5.29. The van der Waals surface area contributed by atoms with Gasteiger partial charge in [0.05, 0.1) is 10.6 Å². The van der Waals surface area contributed by atoms with Crippen molar-refractivity contribution in [2.75, 3.05) is 12.3 Å². The van der Waals surface area contributed by atoms with E-state index in [1.807, 2.05) is 13.0 Å². The molecule has 0 radical (unpaired) electrons. The predicted octanol–water partition coefficient (Wildman–Crippen LogP) is 0.719. The number of primary sulfonamides is 1. The number of carbonyl (C=O) groups excluding carboxylic acids is 1. The molecule has 1 aromatic rings. The largest absolute Gasteiger partial charge is 0.351 e. The van der Waals surface area contributed by atoms with Gasteiger partial charge in [-0.05, 0) is 25.0 Å². The summed E-state index contributed by atoms with van der Waals surface area (Å²) in [6.45, 7) is 2.34. The Morgan fingerprint density at radius 2 is 2.18 bits per heavy atom. The van der Waals surface area contributed by atoms with Crippen molar-refractivity contribution in [1.29, 1.82) is 0 Å². The van der Waals surface area contributed by atoms with E-state index in [-0.39, 0.29) is 11.7 Å². The fourth-order valence-corrected chi connectivity index (χ4v) is 2.66. The second-order valence-corrected chi connectivity index (χ2v) is 6.50. The minimum atomic E-state index is -3.44. The van der Waals surface area contributed by atoms with Gasteiger partial charge in [0.25, 0.3) is 5.91 Å². The number of nitrogens with one attached hydrogen (secondary N) is 1. The lowest BCUT2D eigenvalue weighted by Crippen LogP contribution is -2.26. The van der Waals surface area contributed by atoms with E-state index in [1.165, 1.54) is 11.3 Å². The molecule has 0 saturated heterocycles. The van der Waals surface area contributed by atoms with Crippen LogP contribution in [-0.2, 0) is 16.4 Å². The first-order valence-electron chi connectivity index (χ1n) is 5.29. The molecule has 5 nitrogen and oxygen atoms in total. The third-order valence-electron chi connectivity index (χ3n) is 2.13. The van der Waals surface area contributed by atoms with Gasteiger partial charge in [0, 0.05) is 11.4 Å². The highest BCUT2D eigenvalue weighted by atomic mass is 32.2. The lowest BCUT2D eigenvalue weighted by Gasteiger charge is -2.02. The van der Waals surface area contributed by atoms with Crippen molar-refractivity contribution in [3.63, 3.8) is 0 Å². The Balaban J connectivity index is 2.35. The molecule has 0 aromatic carbocycles. The van der Waals surface area contributed by atoms with Crippen LogP contribution in [0, 0.1) is 0 Å². The fourth-order valence-electron chi connectivity index (χ4n) is 1.25. The number of nitrogens with two attached hydrogens (primary N) is 1. The molecule has 1 aromatic heterocycles. The summed E-state index contributed by atoms with van der Waals surface area (Å²) in [6, 6.07) is 3.70. The third-order valence-corrected chi connectivity index (χ3v) is 4.21. The average molecular weight is 276 g/mol. The Bertz CT molecular complexity index is 479. The van der Waals surface area contributed by atoms with Gasteiger partial charge in [-0.25, -0.2) is 13.6 Å². The van der Waals surface area contributed by atoms with Crippen LogP contribution in [0.25, 0.3) is 0 Å². The van der Waals surface area contributed by atoms with E-state index in [2.05, 4.69) is 5.32 Å². The molecule has 0 saturated carbocycles. The van der Waals surface area contributed by atoms with E-state index in [1.54, 1.807) is 6.07 Å². The molecular weight excluding hydrogens is 260 g/mol. The monoisotopic (exact) mass is 276 g/mol. The summed E-state index contributed by atoms with van der Waals surface area (Å²) in [7, 11) is -3.44. The first kappa shape index (κ1) is 14.1. The number of sulfonamides is 1. The van der Waals surface area contributed by atoms with Crippen molar-refractivity contribution in [2.24, 2.45) is 5.14 Å². The van der Waals surface area contributed by atoms with Crippen LogP contribution in [0.2, 0.25) is 0 Å². The smallest absolute Gasteiger partial charge is 0.261 e. The summed E-state index contributed by atoms with van der Waals surface area (Å²) in [5.41, 5.74) is 0. The van der Waals surface area contributed by atoms with Crippen LogP contribution in [0.1, 0.15) is 27.9 Å². The maximum atomic E-state index is 11.6. The van der Waals surface area contributed by atoms with Gasteiger partial charge in [0.15, 0.2) is 0 Å². The van der Waals surface area contributed by atoms with E-state index in [9.17, 15) is 13.2 Å². The molecule has 96 valence electrons. The molecule has 0 fully saturated rings. The number of hydrogen-bond donors (Lipinski definition) is 2. The molecular formula is C10H16N2O3S2. The van der Waals surface area contributed by atoms with Crippen LogP contribution in [0.15, 0.2) is 12.1 Å². The van der Waals surface area contributed by atoms with Gasteiger partial charge in [-0.15, -0.1) is 11.3 Å². The molecule has 0 atom stereocenters. The molecule has 0 unspecified atom stereocenters. The van der Waals surface area contributed by atoms with Crippen LogP contribution in [0.5, 0.6) is 0 Å². The van der Waals surface area contributed by atoms with Gasteiger partial charge in [-0.3, -0.25) is 4.79 Å². The van der Waals surface area contributed by atoms with Crippen molar-refractivity contribution in [3.05, 3.63) is 21.9 Å². The Kier molecular flexibility index (Phi) is 5.10. The van der Waals surface area contributed by atoms with Crippen LogP contribution >= 0.6 is 11.3 Å². The van der Waals surface area contributed by atoms with Gasteiger partial charge in [0.1, 0.15) is 0 Å². The van der Waals surface area contributed by atoms with Crippen molar-refractivity contribution in [3.8, 4) is 0 Å². The number of aryl methyl sites for hydroxylation is 1. The zero-order valence-corrected chi connectivity index (χ0v) is 11.2. The summed E-state index contributed by atoms with van der Waals surface area (Å²) < 4.78 is 21.3. The van der Waals surface area contributed by atoms with Gasteiger partial charge < -0.3 is 5.32 Å². The molecule has 0 bridgehead atoms. The first-order valence-corrected chi connectivity index (χ1v) is 7.83. The highest BCUT2D eigenvalue weighted by molar-refractivity contribution is 7.89. The van der Waals surface area contributed by atoms with Crippen LogP contribution in [-0.4, -0.2) is 26.6 Å². The Morgan fingerprint density at radius 1 is 1.47 bits per heavy atom. The zero-order chi connectivity index (χ0) is 12.9. The lowest BCUT2D eigenvalue weighted by atomic mass is 10.3. The zero-order valence-electron chi connectivity index (χ0n) is 9.60. The minimum Gasteiger partial charge on any atom is -0.351 e. The second kappa shape index (κ2) is 6.13. The van der Waals surface area contributed by atoms with Crippen LogP contribution < -0.4 is 10.5 Å². The predicted molar refractivity (Wildman–Crippen MR) is 68.6 cm³/mol. The summed E-state index contributed by atoms with van der Waals surface area (Å²) >= 11 is 1.45. The molecule has 1 heterocycles. The van der Waals surface area contributed by atoms with Crippen molar-refractivity contribution in [2.45, 2.75) is 19.8 Å². The Morgan fingerprint density at radius 3 is 2.71 bits per heavy atom. The van der Waals surface area contributed by atoms with Gasteiger partial charge in [-0.1, -0.05) is 6.92 Å². The van der Waals surface area contributed by atoms with Crippen LogP contribution in [0.4, 0.5) is 0 Å². The molecule has 0 spiro atoms. The first-order chi connectivity index (χ1) is 7.92. The van der Waals surface area contributed by atoms with Gasteiger partial charge in [-0.2, -0.15) is 0 Å². The summed E-state index contributed by atoms with van der Waals surface area (Å²) in [4.78, 5) is 13.4. The molecule has 1 rings (SSSR count). The van der Waals surface area contributed by atoms with Crippen LogP contribution in [0.3, 0.4) is 0 Å². The normalized spacial score (nSPS) is 11.4. The van der Waals surface area contributed by atoms with Gasteiger partial charge >= 0.3 is 0 Å². The van der Waals surface area contributed by atoms with E-state index in [0.717, 1.165) is 11.3 Å². The number of rotatable bonds is 6. The molecule has 1 amide bonds. The number of thiophene rings is 1. The molecule has 7 heteroatoms. The van der Waals surface area contributed by atoms with E-state index >= 15 is 0 Å². The van der Waals surface area contributed by atoms with E-state index in [0.29, 0.717) is 17.8 Å². The number of carbonyl (C=O) groups is 1. The fraction of sp³-hybridized carbons (Fsp3) is 0.500. The number of hydrogen-bond acceptors (Lipinski definition) is 4. The summed E-state index contributed by atoms with van der Waals surface area (Å²) in [6.07, 6.45) is 1.24. The minimum absolute atomic E-state index is 0.113. The summed E-state index contributed by atoms with van der Waals surface area (Å²) in [5, 5.41) is 7.51. The standard InChI is InChI=1S/C10H16N2O3S2/c1-2-8-4-5-9(16-8)10(13)12-6-3-7-17(11,14)15/h4-5H,2-3,6-7H2,1H3,(H,12,13)(H2,11,14,15). The van der Waals surface area contributed by atoms with Crippen molar-refractivity contribution in [1.82, 2.24) is 5.32 Å². The molecule has 17 heavy (non-hydrogen) atoms. The maximum absolute atomic E-state index is 11.6. The molecule has 3 N–H and O–H groups in total. The maximum Gasteiger partial charge on any atom is 0.261 e. The molecule has 0 aliphatic carbocycles. The Labute approximate surface area is 105 Å². The van der Waals surface area contributed by atoms with E-state index < -0.39 is 10.0 Å². The van der Waals surface area contributed by atoms with Crippen molar-refractivity contribution < 1.29 is 13.2 Å². The average Bonchev–Trinajstić information content (AvgIpc) is 2.71. The Hall–Kier alpha value is -0.920. The SMILES string of the molecule is CCc1ccc(C(=O)NCCCS(N)(=O)=O)s1. The second-order valence-electron chi connectivity index (χ2n) is 3.60. The van der Waals surface area contributed by atoms with Gasteiger partial charge in [0.2, 0.25) is 10.0 Å². The quantitative estimate of drug-likeness (QED) is 0.750. The summed E-state index contributed by atoms with van der Waals surface area (Å²) in [5.74, 6) is -0.276.